The predicted molar refractivity (Wildman–Crippen MR) is 79.5 cm³/mol. The van der Waals surface area contributed by atoms with Gasteiger partial charge < -0.3 is 10.1 Å². The number of hydrogen-bond acceptors (Lipinski definition) is 5. The zero-order valence-corrected chi connectivity index (χ0v) is 13.6. The van der Waals surface area contributed by atoms with Gasteiger partial charge in [-0.15, -0.1) is 0 Å². The molecular formula is C13H24N4O3S. The lowest BCUT2D eigenvalue weighted by Gasteiger charge is -2.13. The van der Waals surface area contributed by atoms with Crippen molar-refractivity contribution in [2.75, 3.05) is 13.7 Å². The highest BCUT2D eigenvalue weighted by molar-refractivity contribution is 7.89. The summed E-state index contributed by atoms with van der Waals surface area (Å²) >= 11 is 0. The topological polar surface area (TPSA) is 96.1 Å². The first-order chi connectivity index (χ1) is 9.94. The van der Waals surface area contributed by atoms with Crippen LogP contribution in [0, 0.1) is 6.92 Å². The maximum Gasteiger partial charge on any atom is 0.260 e. The van der Waals surface area contributed by atoms with Crippen LogP contribution in [0.2, 0.25) is 0 Å². The fourth-order valence-corrected chi connectivity index (χ4v) is 3.54. The number of nitrogens with zero attached hydrogens (tertiary/aromatic N) is 1. The Labute approximate surface area is 125 Å². The fourth-order valence-electron chi connectivity index (χ4n) is 2.07. The average Bonchev–Trinajstić information content (AvgIpc) is 3.16. The molecule has 21 heavy (non-hydrogen) atoms. The Kier molecular flexibility index (Phi) is 5.37. The third-order valence-corrected chi connectivity index (χ3v) is 5.11. The van der Waals surface area contributed by atoms with Gasteiger partial charge in [-0.2, -0.15) is 5.10 Å². The van der Waals surface area contributed by atoms with Crippen LogP contribution in [-0.4, -0.2) is 44.4 Å². The average molecular weight is 316 g/mol. The smallest absolute Gasteiger partial charge is 0.260 e. The lowest BCUT2D eigenvalue weighted by molar-refractivity contribution is 0.188. The van der Waals surface area contributed by atoms with Crippen LogP contribution in [0.3, 0.4) is 0 Å². The van der Waals surface area contributed by atoms with E-state index in [9.17, 15) is 8.42 Å². The van der Waals surface area contributed by atoms with E-state index >= 15 is 0 Å². The summed E-state index contributed by atoms with van der Waals surface area (Å²) in [5.74, 6) is 0. The maximum atomic E-state index is 12.4. The number of sulfonamides is 1. The van der Waals surface area contributed by atoms with Crippen molar-refractivity contribution in [3.05, 3.63) is 11.3 Å². The number of hydrogen-bond donors (Lipinski definition) is 3. The first kappa shape index (κ1) is 16.4. The lowest BCUT2D eigenvalue weighted by Crippen LogP contribution is -2.34. The maximum absolute atomic E-state index is 12.4. The van der Waals surface area contributed by atoms with Crippen LogP contribution in [0.5, 0.6) is 0 Å². The molecule has 0 amide bonds. The summed E-state index contributed by atoms with van der Waals surface area (Å²) in [6.45, 7) is 4.69. The molecule has 3 N–H and O–H groups in total. The van der Waals surface area contributed by atoms with E-state index < -0.39 is 10.0 Å². The molecular weight excluding hydrogens is 292 g/mol. The van der Waals surface area contributed by atoms with Gasteiger partial charge in [-0.3, -0.25) is 5.10 Å². The Morgan fingerprint density at radius 2 is 2.19 bits per heavy atom. The highest BCUT2D eigenvalue weighted by Gasteiger charge is 2.27. The first-order valence-corrected chi connectivity index (χ1v) is 8.71. The van der Waals surface area contributed by atoms with Crippen LogP contribution < -0.4 is 10.0 Å². The van der Waals surface area contributed by atoms with E-state index in [2.05, 4.69) is 20.2 Å². The largest absolute Gasteiger partial charge is 0.385 e. The van der Waals surface area contributed by atoms with E-state index in [1.165, 1.54) is 0 Å². The van der Waals surface area contributed by atoms with E-state index in [1.807, 2.05) is 13.8 Å². The summed E-state index contributed by atoms with van der Waals surface area (Å²) in [6, 6.07) is 0.319. The van der Waals surface area contributed by atoms with E-state index in [4.69, 9.17) is 4.74 Å². The lowest BCUT2D eigenvalue weighted by atomic mass is 10.2. The molecule has 2 rings (SSSR count). The summed E-state index contributed by atoms with van der Waals surface area (Å²) in [5, 5.41) is 10.2. The second-order valence-corrected chi connectivity index (χ2v) is 7.22. The number of aryl methyl sites for hydroxylation is 1. The molecule has 1 aromatic heterocycles. The molecule has 8 heteroatoms. The zero-order chi connectivity index (χ0) is 15.5. The second-order valence-electron chi connectivity index (χ2n) is 5.59. The number of methoxy groups -OCH3 is 1. The predicted octanol–water partition coefficient (Wildman–Crippen LogP) is 0.673. The van der Waals surface area contributed by atoms with E-state index in [-0.39, 0.29) is 11.1 Å². The molecule has 1 aliphatic carbocycles. The quantitative estimate of drug-likeness (QED) is 0.622. The van der Waals surface area contributed by atoms with Gasteiger partial charge in [0.15, 0.2) is 5.03 Å². The minimum Gasteiger partial charge on any atom is -0.385 e. The highest BCUT2D eigenvalue weighted by Crippen LogP contribution is 2.22. The number of rotatable bonds is 9. The van der Waals surface area contributed by atoms with Gasteiger partial charge in [-0.05, 0) is 33.1 Å². The number of aromatic amines is 1. The molecule has 1 saturated carbocycles. The van der Waals surface area contributed by atoms with Crippen LogP contribution in [0.1, 0.15) is 37.4 Å². The summed E-state index contributed by atoms with van der Waals surface area (Å²) in [5.41, 5.74) is 1.50. The van der Waals surface area contributed by atoms with Gasteiger partial charge >= 0.3 is 0 Å². The number of nitrogens with one attached hydrogen (secondary N) is 3. The standard InChI is InChI=1S/C13H24N4O3S/c1-9(6-7-20-3)17-21(18,19)13-12(10(2)15-16-13)8-14-11-4-5-11/h9,11,14,17H,4-8H2,1-3H3,(H,15,16). The Hall–Kier alpha value is -0.960. The SMILES string of the molecule is COCCC(C)NS(=O)(=O)c1n[nH]c(C)c1CNC1CC1. The van der Waals surface area contributed by atoms with Gasteiger partial charge in [0.05, 0.1) is 0 Å². The van der Waals surface area contributed by atoms with Crippen molar-refractivity contribution in [3.63, 3.8) is 0 Å². The number of ether oxygens (including phenoxy) is 1. The van der Waals surface area contributed by atoms with E-state index in [0.717, 1.165) is 18.5 Å². The Morgan fingerprint density at radius 3 is 2.81 bits per heavy atom. The molecule has 7 nitrogen and oxygen atoms in total. The van der Waals surface area contributed by atoms with Crippen molar-refractivity contribution < 1.29 is 13.2 Å². The third kappa shape index (κ3) is 4.50. The van der Waals surface area contributed by atoms with Gasteiger partial charge in [0.1, 0.15) is 0 Å². The van der Waals surface area contributed by atoms with Crippen molar-refractivity contribution in [2.24, 2.45) is 0 Å². The molecule has 0 saturated heterocycles. The minimum absolute atomic E-state index is 0.0948. The highest BCUT2D eigenvalue weighted by atomic mass is 32.2. The summed E-state index contributed by atoms with van der Waals surface area (Å²) in [6.07, 6.45) is 2.94. The zero-order valence-electron chi connectivity index (χ0n) is 12.8. The van der Waals surface area contributed by atoms with Crippen LogP contribution in [0.25, 0.3) is 0 Å². The number of aromatic nitrogens is 2. The normalized spacial score (nSPS) is 17.1. The van der Waals surface area contributed by atoms with Crippen LogP contribution in [0.4, 0.5) is 0 Å². The van der Waals surface area contributed by atoms with Crippen molar-refractivity contribution >= 4 is 10.0 Å². The fraction of sp³-hybridized carbons (Fsp3) is 0.769. The Balaban J connectivity index is 2.07. The molecule has 1 heterocycles. The first-order valence-electron chi connectivity index (χ1n) is 7.22. The minimum atomic E-state index is -3.62. The Bertz CT molecular complexity index is 566. The van der Waals surface area contributed by atoms with Gasteiger partial charge in [0, 0.05) is 43.6 Å². The Morgan fingerprint density at radius 1 is 1.48 bits per heavy atom. The van der Waals surface area contributed by atoms with Crippen molar-refractivity contribution in [1.82, 2.24) is 20.2 Å². The molecule has 0 aromatic carbocycles. The molecule has 0 aliphatic heterocycles. The molecule has 1 atom stereocenters. The summed E-state index contributed by atoms with van der Waals surface area (Å²) in [7, 11) is -2.02. The second kappa shape index (κ2) is 6.87. The van der Waals surface area contributed by atoms with Crippen molar-refractivity contribution in [1.29, 1.82) is 0 Å². The van der Waals surface area contributed by atoms with Crippen molar-refractivity contribution in [3.8, 4) is 0 Å². The molecule has 1 aliphatic rings. The van der Waals surface area contributed by atoms with Gasteiger partial charge in [-0.1, -0.05) is 0 Å². The molecule has 1 fully saturated rings. The molecule has 0 radical (unpaired) electrons. The third-order valence-electron chi connectivity index (χ3n) is 3.55. The van der Waals surface area contributed by atoms with Gasteiger partial charge in [0.2, 0.25) is 0 Å². The molecule has 0 spiro atoms. The molecule has 1 unspecified atom stereocenters. The van der Waals surface area contributed by atoms with Gasteiger partial charge in [0.25, 0.3) is 10.0 Å². The van der Waals surface area contributed by atoms with Crippen LogP contribution in [-0.2, 0) is 21.3 Å². The summed E-state index contributed by atoms with van der Waals surface area (Å²) in [4.78, 5) is 0. The van der Waals surface area contributed by atoms with Crippen LogP contribution >= 0.6 is 0 Å². The van der Waals surface area contributed by atoms with Crippen LogP contribution in [0.15, 0.2) is 5.03 Å². The van der Waals surface area contributed by atoms with Gasteiger partial charge in [-0.25, -0.2) is 13.1 Å². The monoisotopic (exact) mass is 316 g/mol. The summed E-state index contributed by atoms with van der Waals surface area (Å²) < 4.78 is 32.5. The van der Waals surface area contributed by atoms with E-state index in [1.54, 1.807) is 7.11 Å². The van der Waals surface area contributed by atoms with E-state index in [0.29, 0.717) is 31.2 Å². The molecule has 0 bridgehead atoms. The number of H-pyrrole nitrogens is 1. The van der Waals surface area contributed by atoms with Crippen molar-refractivity contribution in [2.45, 2.75) is 56.8 Å². The molecule has 120 valence electrons. The molecule has 1 aromatic rings.